The van der Waals surface area contributed by atoms with Gasteiger partial charge in [-0.2, -0.15) is 0 Å². The average Bonchev–Trinajstić information content (AvgIpc) is 3.30. The molecule has 1 saturated heterocycles. The average molecular weight is 387 g/mol. The molecule has 148 valence electrons. The fourth-order valence-corrected chi connectivity index (χ4v) is 3.45. The van der Waals surface area contributed by atoms with Gasteiger partial charge in [0.25, 0.3) is 5.91 Å². The molecule has 1 aromatic heterocycles. The summed E-state index contributed by atoms with van der Waals surface area (Å²) in [7, 11) is 0. The summed E-state index contributed by atoms with van der Waals surface area (Å²) in [5.41, 5.74) is 4.46. The minimum absolute atomic E-state index is 0.259. The van der Waals surface area contributed by atoms with Gasteiger partial charge in [0.1, 0.15) is 17.8 Å². The zero-order chi connectivity index (χ0) is 20.1. The van der Waals surface area contributed by atoms with Crippen LogP contribution in [-0.2, 0) is 6.42 Å². The number of carbonyl (C=O) groups is 1. The highest BCUT2D eigenvalue weighted by Crippen LogP contribution is 2.22. The third kappa shape index (κ3) is 4.71. The number of anilines is 4. The quantitative estimate of drug-likeness (QED) is 0.645. The molecule has 4 rings (SSSR count). The Hall–Kier alpha value is -3.41. The van der Waals surface area contributed by atoms with Crippen LogP contribution < -0.4 is 15.5 Å². The summed E-state index contributed by atoms with van der Waals surface area (Å²) in [6, 6.07) is 17.8. The standard InChI is InChI=1S/C23H25N5O/c1-2-17-5-7-18(8-6-17)26-22-15-21(24-16-25-22)23(29)27-19-9-11-20(12-10-19)28-13-3-4-14-28/h5-12,15-16H,2-4,13-14H2,1H3,(H,27,29)(H,24,25,26). The molecule has 2 heterocycles. The minimum Gasteiger partial charge on any atom is -0.372 e. The SMILES string of the molecule is CCc1ccc(Nc2cc(C(=O)Nc3ccc(N4CCCC4)cc3)ncn2)cc1. The Labute approximate surface area is 171 Å². The van der Waals surface area contributed by atoms with E-state index in [4.69, 9.17) is 0 Å². The number of carbonyl (C=O) groups excluding carboxylic acids is 1. The van der Waals surface area contributed by atoms with Crippen LogP contribution >= 0.6 is 0 Å². The topological polar surface area (TPSA) is 70.2 Å². The first-order valence-corrected chi connectivity index (χ1v) is 10.1. The second-order valence-electron chi connectivity index (χ2n) is 7.16. The van der Waals surface area contributed by atoms with Crippen molar-refractivity contribution in [3.05, 3.63) is 72.2 Å². The van der Waals surface area contributed by atoms with Crippen LogP contribution in [0.25, 0.3) is 0 Å². The summed E-state index contributed by atoms with van der Waals surface area (Å²) in [5, 5.41) is 6.12. The molecule has 6 heteroatoms. The number of hydrogen-bond donors (Lipinski definition) is 2. The van der Waals surface area contributed by atoms with E-state index in [1.54, 1.807) is 6.07 Å². The van der Waals surface area contributed by atoms with Crippen LogP contribution in [0.5, 0.6) is 0 Å². The van der Waals surface area contributed by atoms with Gasteiger partial charge in [0.2, 0.25) is 0 Å². The largest absolute Gasteiger partial charge is 0.372 e. The normalized spacial score (nSPS) is 13.3. The number of rotatable bonds is 6. The van der Waals surface area contributed by atoms with Crippen molar-refractivity contribution in [1.29, 1.82) is 0 Å². The highest BCUT2D eigenvalue weighted by molar-refractivity contribution is 6.03. The summed E-state index contributed by atoms with van der Waals surface area (Å²) in [6.45, 7) is 4.32. The third-order valence-electron chi connectivity index (χ3n) is 5.13. The Bertz CT molecular complexity index is 963. The second-order valence-corrected chi connectivity index (χ2v) is 7.16. The summed E-state index contributed by atoms with van der Waals surface area (Å²) in [4.78, 5) is 23.3. The van der Waals surface area contributed by atoms with E-state index in [1.165, 1.54) is 30.4 Å². The number of amides is 1. The van der Waals surface area contributed by atoms with Gasteiger partial charge in [-0.05, 0) is 61.2 Å². The number of nitrogens with one attached hydrogen (secondary N) is 2. The Morgan fingerprint density at radius 3 is 2.34 bits per heavy atom. The molecule has 1 amide bonds. The lowest BCUT2D eigenvalue weighted by Crippen LogP contribution is -2.18. The number of aromatic nitrogens is 2. The number of hydrogen-bond acceptors (Lipinski definition) is 5. The first-order chi connectivity index (χ1) is 14.2. The molecule has 2 N–H and O–H groups in total. The summed E-state index contributed by atoms with van der Waals surface area (Å²) < 4.78 is 0. The van der Waals surface area contributed by atoms with E-state index in [0.717, 1.165) is 30.9 Å². The molecule has 29 heavy (non-hydrogen) atoms. The molecular formula is C23H25N5O. The molecule has 0 spiro atoms. The zero-order valence-electron chi connectivity index (χ0n) is 16.6. The molecule has 6 nitrogen and oxygen atoms in total. The first-order valence-electron chi connectivity index (χ1n) is 10.1. The molecule has 1 aliphatic heterocycles. The monoisotopic (exact) mass is 387 g/mol. The Balaban J connectivity index is 1.41. The van der Waals surface area contributed by atoms with E-state index in [-0.39, 0.29) is 5.91 Å². The van der Waals surface area contributed by atoms with E-state index in [2.05, 4.69) is 44.6 Å². The van der Waals surface area contributed by atoms with Crippen LogP contribution in [-0.4, -0.2) is 29.0 Å². The molecule has 1 fully saturated rings. The molecule has 0 bridgehead atoms. The summed E-state index contributed by atoms with van der Waals surface area (Å²) >= 11 is 0. The molecular weight excluding hydrogens is 362 g/mol. The number of nitrogens with zero attached hydrogens (tertiary/aromatic N) is 3. The van der Waals surface area contributed by atoms with E-state index >= 15 is 0 Å². The molecule has 0 aliphatic carbocycles. The number of benzene rings is 2. The first kappa shape index (κ1) is 18.9. The van der Waals surface area contributed by atoms with Crippen molar-refractivity contribution in [2.45, 2.75) is 26.2 Å². The Kier molecular flexibility index (Phi) is 5.70. The van der Waals surface area contributed by atoms with Crippen molar-refractivity contribution >= 4 is 28.8 Å². The molecule has 0 atom stereocenters. The second kappa shape index (κ2) is 8.73. The van der Waals surface area contributed by atoms with Gasteiger partial charge in [0.05, 0.1) is 0 Å². The van der Waals surface area contributed by atoms with Gasteiger partial charge < -0.3 is 15.5 Å². The highest BCUT2D eigenvalue weighted by Gasteiger charge is 2.13. The maximum atomic E-state index is 12.6. The van der Waals surface area contributed by atoms with Gasteiger partial charge in [0, 0.05) is 36.2 Å². The van der Waals surface area contributed by atoms with E-state index in [9.17, 15) is 4.79 Å². The van der Waals surface area contributed by atoms with Gasteiger partial charge in [-0.15, -0.1) is 0 Å². The van der Waals surface area contributed by atoms with E-state index in [0.29, 0.717) is 11.5 Å². The van der Waals surface area contributed by atoms with Gasteiger partial charge in [-0.3, -0.25) is 4.79 Å². The maximum Gasteiger partial charge on any atom is 0.274 e. The van der Waals surface area contributed by atoms with Crippen molar-refractivity contribution in [2.75, 3.05) is 28.6 Å². The van der Waals surface area contributed by atoms with Crippen molar-refractivity contribution in [1.82, 2.24) is 9.97 Å². The van der Waals surface area contributed by atoms with Crippen LogP contribution in [0.15, 0.2) is 60.9 Å². The van der Waals surface area contributed by atoms with Crippen LogP contribution in [0.1, 0.15) is 35.8 Å². The van der Waals surface area contributed by atoms with Crippen LogP contribution in [0.3, 0.4) is 0 Å². The van der Waals surface area contributed by atoms with Crippen LogP contribution in [0.4, 0.5) is 22.9 Å². The van der Waals surface area contributed by atoms with Crippen molar-refractivity contribution in [3.8, 4) is 0 Å². The van der Waals surface area contributed by atoms with Crippen LogP contribution in [0, 0.1) is 0 Å². The lowest BCUT2D eigenvalue weighted by atomic mass is 10.1. The van der Waals surface area contributed by atoms with E-state index < -0.39 is 0 Å². The Morgan fingerprint density at radius 1 is 0.966 bits per heavy atom. The smallest absolute Gasteiger partial charge is 0.274 e. The molecule has 0 saturated carbocycles. The highest BCUT2D eigenvalue weighted by atomic mass is 16.1. The molecule has 0 radical (unpaired) electrons. The van der Waals surface area contributed by atoms with Crippen molar-refractivity contribution in [2.24, 2.45) is 0 Å². The molecule has 0 unspecified atom stereocenters. The lowest BCUT2D eigenvalue weighted by Gasteiger charge is -2.17. The van der Waals surface area contributed by atoms with Gasteiger partial charge in [-0.1, -0.05) is 19.1 Å². The predicted octanol–water partition coefficient (Wildman–Crippen LogP) is 4.64. The third-order valence-corrected chi connectivity index (χ3v) is 5.13. The minimum atomic E-state index is -0.259. The number of aryl methyl sites for hydroxylation is 1. The maximum absolute atomic E-state index is 12.6. The van der Waals surface area contributed by atoms with E-state index in [1.807, 2.05) is 36.4 Å². The molecule has 2 aromatic carbocycles. The van der Waals surface area contributed by atoms with Gasteiger partial charge in [0.15, 0.2) is 0 Å². The zero-order valence-corrected chi connectivity index (χ0v) is 16.6. The molecule has 1 aliphatic rings. The van der Waals surface area contributed by atoms with Crippen molar-refractivity contribution in [3.63, 3.8) is 0 Å². The fourth-order valence-electron chi connectivity index (χ4n) is 3.45. The molecule has 3 aromatic rings. The Morgan fingerprint density at radius 2 is 1.66 bits per heavy atom. The van der Waals surface area contributed by atoms with Crippen LogP contribution in [0.2, 0.25) is 0 Å². The lowest BCUT2D eigenvalue weighted by molar-refractivity contribution is 0.102. The van der Waals surface area contributed by atoms with Gasteiger partial charge >= 0.3 is 0 Å². The summed E-state index contributed by atoms with van der Waals surface area (Å²) in [6.07, 6.45) is 4.88. The fraction of sp³-hybridized carbons (Fsp3) is 0.261. The summed E-state index contributed by atoms with van der Waals surface area (Å²) in [5.74, 6) is 0.324. The van der Waals surface area contributed by atoms with Gasteiger partial charge in [-0.25, -0.2) is 9.97 Å². The van der Waals surface area contributed by atoms with Crippen molar-refractivity contribution < 1.29 is 4.79 Å². The predicted molar refractivity (Wildman–Crippen MR) is 117 cm³/mol.